The van der Waals surface area contributed by atoms with E-state index in [9.17, 15) is 14.7 Å². The molecule has 2 unspecified atom stereocenters. The normalized spacial score (nSPS) is 21.8. The van der Waals surface area contributed by atoms with Gasteiger partial charge >= 0.3 is 6.03 Å². The Balaban J connectivity index is 2.39. The fourth-order valence-electron chi connectivity index (χ4n) is 1.98. The first kappa shape index (κ1) is 14.8. The number of amides is 3. The molecule has 4 N–H and O–H groups in total. The number of nitrogens with one attached hydrogen (secondary N) is 1. The molecule has 104 valence electrons. The molecule has 6 nitrogen and oxygen atoms in total. The van der Waals surface area contributed by atoms with Crippen molar-refractivity contribution >= 4 is 11.9 Å². The highest BCUT2D eigenvalue weighted by Crippen LogP contribution is 2.16. The molecule has 0 saturated carbocycles. The molecule has 0 radical (unpaired) electrons. The van der Waals surface area contributed by atoms with Gasteiger partial charge < -0.3 is 21.1 Å². The van der Waals surface area contributed by atoms with E-state index in [0.717, 1.165) is 12.8 Å². The van der Waals surface area contributed by atoms with Crippen LogP contribution >= 0.6 is 0 Å². The molecule has 0 aliphatic carbocycles. The molecule has 0 aromatic heterocycles. The van der Waals surface area contributed by atoms with Gasteiger partial charge in [0.15, 0.2) is 0 Å². The van der Waals surface area contributed by atoms with Crippen LogP contribution in [0.5, 0.6) is 0 Å². The van der Waals surface area contributed by atoms with Gasteiger partial charge in [-0.3, -0.25) is 4.79 Å². The summed E-state index contributed by atoms with van der Waals surface area (Å²) >= 11 is 0. The Kier molecular flexibility index (Phi) is 5.40. The Morgan fingerprint density at radius 3 is 2.72 bits per heavy atom. The first-order chi connectivity index (χ1) is 8.41. The van der Waals surface area contributed by atoms with E-state index < -0.39 is 12.1 Å². The first-order valence-electron chi connectivity index (χ1n) is 6.42. The fourth-order valence-corrected chi connectivity index (χ4v) is 1.98. The Morgan fingerprint density at radius 2 is 2.17 bits per heavy atom. The van der Waals surface area contributed by atoms with E-state index in [2.05, 4.69) is 5.32 Å². The summed E-state index contributed by atoms with van der Waals surface area (Å²) in [6.07, 6.45) is 1.01. The van der Waals surface area contributed by atoms with Gasteiger partial charge in [0.2, 0.25) is 5.91 Å². The minimum atomic E-state index is -0.537. The zero-order valence-electron chi connectivity index (χ0n) is 11.1. The number of primary amides is 1. The van der Waals surface area contributed by atoms with Crippen LogP contribution in [0.1, 0.15) is 26.7 Å². The minimum absolute atomic E-state index is 0.110. The molecule has 0 aromatic carbocycles. The molecule has 18 heavy (non-hydrogen) atoms. The highest BCUT2D eigenvalue weighted by Gasteiger charge is 2.27. The minimum Gasteiger partial charge on any atom is -0.391 e. The van der Waals surface area contributed by atoms with Crippen LogP contribution in [-0.2, 0) is 4.79 Å². The molecule has 6 heteroatoms. The second-order valence-electron chi connectivity index (χ2n) is 5.18. The van der Waals surface area contributed by atoms with Crippen molar-refractivity contribution in [2.75, 3.05) is 19.6 Å². The summed E-state index contributed by atoms with van der Waals surface area (Å²) in [6, 6.07) is -0.477. The lowest BCUT2D eigenvalue weighted by atomic mass is 9.97. The topological polar surface area (TPSA) is 95.7 Å². The Labute approximate surface area is 108 Å². The van der Waals surface area contributed by atoms with Gasteiger partial charge in [0, 0.05) is 19.6 Å². The van der Waals surface area contributed by atoms with E-state index in [1.165, 1.54) is 4.90 Å². The summed E-state index contributed by atoms with van der Waals surface area (Å²) in [5.41, 5.74) is 5.21. The van der Waals surface area contributed by atoms with Crippen LogP contribution in [0.3, 0.4) is 0 Å². The molecule has 0 aromatic rings. The van der Waals surface area contributed by atoms with Gasteiger partial charge in [-0.05, 0) is 18.8 Å². The quantitative estimate of drug-likeness (QED) is 0.656. The molecule has 2 atom stereocenters. The zero-order valence-corrected chi connectivity index (χ0v) is 11.1. The average Bonchev–Trinajstić information content (AvgIpc) is 2.35. The van der Waals surface area contributed by atoms with Crippen LogP contribution in [0.15, 0.2) is 0 Å². The highest BCUT2D eigenvalue weighted by atomic mass is 16.3. The summed E-state index contributed by atoms with van der Waals surface area (Å²) in [5.74, 6) is -0.218. The predicted molar refractivity (Wildman–Crippen MR) is 67.7 cm³/mol. The SMILES string of the molecule is CC(C)C(O)CNC(=O)C1CCCN(C(N)=O)C1. The maximum Gasteiger partial charge on any atom is 0.314 e. The first-order valence-corrected chi connectivity index (χ1v) is 6.42. The maximum atomic E-state index is 11.9. The zero-order chi connectivity index (χ0) is 13.7. The molecule has 1 aliphatic heterocycles. The van der Waals surface area contributed by atoms with Gasteiger partial charge in [0.25, 0.3) is 0 Å². The smallest absolute Gasteiger partial charge is 0.314 e. The number of rotatable bonds is 4. The van der Waals surface area contributed by atoms with Crippen molar-refractivity contribution in [2.45, 2.75) is 32.8 Å². The summed E-state index contributed by atoms with van der Waals surface area (Å²) in [6.45, 7) is 5.04. The number of carbonyl (C=O) groups excluding carboxylic acids is 2. The van der Waals surface area contributed by atoms with Gasteiger partial charge in [-0.25, -0.2) is 4.79 Å². The molecule has 0 bridgehead atoms. The van der Waals surface area contributed by atoms with Crippen LogP contribution in [0.2, 0.25) is 0 Å². The van der Waals surface area contributed by atoms with Gasteiger partial charge in [0.05, 0.1) is 12.0 Å². The van der Waals surface area contributed by atoms with Crippen LogP contribution < -0.4 is 11.1 Å². The number of aliphatic hydroxyl groups is 1. The van der Waals surface area contributed by atoms with Crippen LogP contribution in [0.4, 0.5) is 4.79 Å². The molecular formula is C12H23N3O3. The Morgan fingerprint density at radius 1 is 1.50 bits per heavy atom. The number of likely N-dealkylation sites (tertiary alicyclic amines) is 1. The second-order valence-corrected chi connectivity index (χ2v) is 5.18. The summed E-state index contributed by atoms with van der Waals surface area (Å²) in [5, 5.41) is 12.3. The van der Waals surface area contributed by atoms with Gasteiger partial charge in [-0.15, -0.1) is 0 Å². The van der Waals surface area contributed by atoms with E-state index in [4.69, 9.17) is 5.73 Å². The van der Waals surface area contributed by atoms with Gasteiger partial charge in [0.1, 0.15) is 0 Å². The largest absolute Gasteiger partial charge is 0.391 e. The third-order valence-corrected chi connectivity index (χ3v) is 3.36. The molecule has 1 fully saturated rings. The van der Waals surface area contributed by atoms with Crippen molar-refractivity contribution in [1.82, 2.24) is 10.2 Å². The number of nitrogens with two attached hydrogens (primary N) is 1. The van der Waals surface area contributed by atoms with Crippen molar-refractivity contribution in [2.24, 2.45) is 17.6 Å². The molecule has 1 rings (SSSR count). The van der Waals surface area contributed by atoms with Crippen LogP contribution in [0.25, 0.3) is 0 Å². The number of nitrogens with zero attached hydrogens (tertiary/aromatic N) is 1. The Hall–Kier alpha value is -1.30. The third-order valence-electron chi connectivity index (χ3n) is 3.36. The summed E-state index contributed by atoms with van der Waals surface area (Å²) in [4.78, 5) is 24.4. The maximum absolute atomic E-state index is 11.9. The number of aliphatic hydroxyl groups excluding tert-OH is 1. The number of urea groups is 1. The highest BCUT2D eigenvalue weighted by molar-refractivity contribution is 5.80. The van der Waals surface area contributed by atoms with Crippen molar-refractivity contribution < 1.29 is 14.7 Å². The molecule has 1 saturated heterocycles. The summed E-state index contributed by atoms with van der Waals surface area (Å²) in [7, 11) is 0. The molecular weight excluding hydrogens is 234 g/mol. The van der Waals surface area contributed by atoms with Gasteiger partial charge in [-0.1, -0.05) is 13.8 Å². The average molecular weight is 257 g/mol. The van der Waals surface area contributed by atoms with Crippen LogP contribution in [-0.4, -0.2) is 47.7 Å². The van der Waals surface area contributed by atoms with Crippen molar-refractivity contribution in [3.8, 4) is 0 Å². The lowest BCUT2D eigenvalue weighted by molar-refractivity contribution is -0.126. The summed E-state index contributed by atoms with van der Waals surface area (Å²) < 4.78 is 0. The molecule has 0 spiro atoms. The standard InChI is InChI=1S/C12H23N3O3/c1-8(2)10(16)6-14-11(17)9-4-3-5-15(7-9)12(13)18/h8-10,16H,3-7H2,1-2H3,(H2,13,18)(H,14,17). The number of piperidine rings is 1. The molecule has 1 aliphatic rings. The van der Waals surface area contributed by atoms with Gasteiger partial charge in [-0.2, -0.15) is 0 Å². The van der Waals surface area contributed by atoms with Crippen LogP contribution in [0, 0.1) is 11.8 Å². The van der Waals surface area contributed by atoms with Crippen molar-refractivity contribution in [3.63, 3.8) is 0 Å². The van der Waals surface area contributed by atoms with E-state index in [1.54, 1.807) is 0 Å². The lowest BCUT2D eigenvalue weighted by Gasteiger charge is -2.31. The number of hydrogen-bond acceptors (Lipinski definition) is 3. The fraction of sp³-hybridized carbons (Fsp3) is 0.833. The second kappa shape index (κ2) is 6.58. The van der Waals surface area contributed by atoms with E-state index >= 15 is 0 Å². The van der Waals surface area contributed by atoms with E-state index in [-0.39, 0.29) is 24.3 Å². The van der Waals surface area contributed by atoms with Crippen molar-refractivity contribution in [3.05, 3.63) is 0 Å². The molecule has 3 amide bonds. The van der Waals surface area contributed by atoms with Crippen molar-refractivity contribution in [1.29, 1.82) is 0 Å². The lowest BCUT2D eigenvalue weighted by Crippen LogP contribution is -2.48. The van der Waals surface area contributed by atoms with E-state index in [0.29, 0.717) is 13.1 Å². The predicted octanol–water partition coefficient (Wildman–Crippen LogP) is -0.0898. The number of hydrogen-bond donors (Lipinski definition) is 3. The molecule has 1 heterocycles. The third kappa shape index (κ3) is 4.18. The van der Waals surface area contributed by atoms with E-state index in [1.807, 2.05) is 13.8 Å². The Bertz CT molecular complexity index is 307. The number of carbonyl (C=O) groups is 2. The monoisotopic (exact) mass is 257 g/mol.